The topological polar surface area (TPSA) is 134 Å². The minimum Gasteiger partial charge on any atom is -0.471 e. The van der Waals surface area contributed by atoms with E-state index in [4.69, 9.17) is 9.53 Å². The molecule has 1 saturated carbocycles. The quantitative estimate of drug-likeness (QED) is 0.245. The molecule has 36 heavy (non-hydrogen) atoms. The van der Waals surface area contributed by atoms with Crippen LogP contribution in [-0.4, -0.2) is 78.4 Å². The van der Waals surface area contributed by atoms with Gasteiger partial charge in [0.25, 0.3) is 6.47 Å². The zero-order valence-corrected chi connectivity index (χ0v) is 22.7. The summed E-state index contributed by atoms with van der Waals surface area (Å²) in [5, 5.41) is 15.0. The molecular weight excluding hydrogens is 466 g/mol. The average Bonchev–Trinajstić information content (AvgIpc) is 3.56. The fourth-order valence-corrected chi connectivity index (χ4v) is 2.97. The molecule has 2 fully saturated rings. The number of ether oxygens (including phenoxy) is 2. The molecule has 3 amide bonds. The summed E-state index contributed by atoms with van der Waals surface area (Å²) < 4.78 is 8.92. The molecule has 0 aromatic rings. The van der Waals surface area contributed by atoms with Gasteiger partial charge in [-0.05, 0) is 46.5 Å². The Morgan fingerprint density at radius 3 is 2.19 bits per heavy atom. The Bertz CT molecular complexity index is 660. The zero-order valence-electron chi connectivity index (χ0n) is 22.7. The number of aliphatic hydroxyl groups is 1. The van der Waals surface area contributed by atoms with Crippen LogP contribution >= 0.6 is 0 Å². The van der Waals surface area contributed by atoms with Gasteiger partial charge in [-0.25, -0.2) is 4.79 Å². The number of β-amino-alcohol motifs (C(OH)–C–C–N with tert-alkyl or cyclic N) is 1. The number of hydrogen-bond donors (Lipinski definition) is 3. The summed E-state index contributed by atoms with van der Waals surface area (Å²) >= 11 is 0. The highest BCUT2D eigenvalue weighted by molar-refractivity contribution is 5.90. The molecule has 2 atom stereocenters. The lowest BCUT2D eigenvalue weighted by molar-refractivity contribution is -0.137. The normalized spacial score (nSPS) is 17.9. The van der Waals surface area contributed by atoms with Gasteiger partial charge in [0, 0.05) is 19.0 Å². The van der Waals surface area contributed by atoms with Crippen LogP contribution in [0.1, 0.15) is 72.6 Å². The van der Waals surface area contributed by atoms with Gasteiger partial charge in [-0.1, -0.05) is 25.8 Å². The maximum absolute atomic E-state index is 12.2. The van der Waals surface area contributed by atoms with E-state index in [0.717, 1.165) is 12.8 Å². The van der Waals surface area contributed by atoms with Crippen molar-refractivity contribution in [3.8, 4) is 0 Å². The predicted octanol–water partition coefficient (Wildman–Crippen LogP) is 3.10. The van der Waals surface area contributed by atoms with Gasteiger partial charge in [0.15, 0.2) is 0 Å². The molecule has 1 saturated heterocycles. The van der Waals surface area contributed by atoms with Crippen molar-refractivity contribution in [2.24, 2.45) is 0 Å². The molecule has 1 aliphatic heterocycles. The molecule has 208 valence electrons. The number of carbonyl (C=O) groups is 4. The molecule has 10 heteroatoms. The lowest BCUT2D eigenvalue weighted by Gasteiger charge is -2.24. The van der Waals surface area contributed by atoms with Crippen molar-refractivity contribution in [1.82, 2.24) is 15.5 Å². The number of carbonyl (C=O) groups excluding carboxylic acids is 4. The van der Waals surface area contributed by atoms with E-state index in [0.29, 0.717) is 6.47 Å². The number of allylic oxidation sites excluding steroid dienone is 1. The number of alkyl carbamates (subject to hydrolysis) is 1. The van der Waals surface area contributed by atoms with Crippen molar-refractivity contribution in [2.45, 2.75) is 96.4 Å². The number of nitrogens with one attached hydrogen (secondary N) is 2. The number of rotatable bonds is 9. The van der Waals surface area contributed by atoms with E-state index in [2.05, 4.69) is 42.0 Å². The third-order valence-electron chi connectivity index (χ3n) is 4.72. The van der Waals surface area contributed by atoms with Crippen molar-refractivity contribution in [1.29, 1.82) is 0 Å². The van der Waals surface area contributed by atoms with Gasteiger partial charge in [-0.15, -0.1) is 19.7 Å². The Hall–Kier alpha value is -2.88. The Kier molecular flexibility index (Phi) is 19.9. The fourth-order valence-electron chi connectivity index (χ4n) is 2.97. The van der Waals surface area contributed by atoms with E-state index >= 15 is 0 Å². The van der Waals surface area contributed by atoms with Crippen LogP contribution in [0.5, 0.6) is 0 Å². The number of likely N-dealkylation sites (tertiary alicyclic amines) is 1. The average molecular weight is 514 g/mol. The van der Waals surface area contributed by atoms with Gasteiger partial charge in [0.1, 0.15) is 18.2 Å². The first-order chi connectivity index (χ1) is 17.0. The number of unbranched alkanes of at least 4 members (excludes halogenated alkanes) is 3. The van der Waals surface area contributed by atoms with Gasteiger partial charge in [-0.2, -0.15) is 0 Å². The lowest BCUT2D eigenvalue weighted by atomic mass is 10.2. The first-order valence-corrected chi connectivity index (χ1v) is 12.3. The van der Waals surface area contributed by atoms with E-state index in [-0.39, 0.29) is 31.5 Å². The predicted molar refractivity (Wildman–Crippen MR) is 140 cm³/mol. The van der Waals surface area contributed by atoms with Crippen LogP contribution in [0.4, 0.5) is 4.79 Å². The molecule has 0 aromatic carbocycles. The summed E-state index contributed by atoms with van der Waals surface area (Å²) in [6.45, 7) is 17.2. The second-order valence-electron chi connectivity index (χ2n) is 9.21. The number of nitrogens with zero attached hydrogens (tertiary/aromatic N) is 1. The molecule has 0 aromatic heterocycles. The second-order valence-corrected chi connectivity index (χ2v) is 9.21. The summed E-state index contributed by atoms with van der Waals surface area (Å²) in [6.07, 6.45) is 7.87. The monoisotopic (exact) mass is 513 g/mol. The highest BCUT2D eigenvalue weighted by Gasteiger charge is 2.40. The third-order valence-corrected chi connectivity index (χ3v) is 4.72. The lowest BCUT2D eigenvalue weighted by Crippen LogP contribution is -2.49. The van der Waals surface area contributed by atoms with Crippen LogP contribution in [0.15, 0.2) is 25.8 Å². The van der Waals surface area contributed by atoms with Gasteiger partial charge in [-0.3, -0.25) is 14.4 Å². The van der Waals surface area contributed by atoms with Crippen LogP contribution < -0.4 is 10.6 Å². The number of hydrogen-bond acceptors (Lipinski definition) is 7. The number of methoxy groups -OCH3 is 1. The summed E-state index contributed by atoms with van der Waals surface area (Å²) in [7, 11) is 1.31. The maximum atomic E-state index is 12.2. The van der Waals surface area contributed by atoms with E-state index in [9.17, 15) is 19.5 Å². The van der Waals surface area contributed by atoms with Gasteiger partial charge < -0.3 is 30.1 Å². The second kappa shape index (κ2) is 20.3. The van der Waals surface area contributed by atoms with E-state index in [1.807, 2.05) is 6.08 Å². The molecule has 0 radical (unpaired) electrons. The van der Waals surface area contributed by atoms with Crippen LogP contribution in [0.2, 0.25) is 0 Å². The van der Waals surface area contributed by atoms with E-state index < -0.39 is 29.7 Å². The molecule has 0 spiro atoms. The first kappa shape index (κ1) is 35.3. The minimum absolute atomic E-state index is 0.0948. The molecular formula is C26H47N3O7. The van der Waals surface area contributed by atoms with E-state index in [1.54, 1.807) is 20.8 Å². The molecule has 0 bridgehead atoms. The molecule has 3 N–H and O–H groups in total. The molecule has 2 aliphatic rings. The maximum Gasteiger partial charge on any atom is 0.408 e. The first-order valence-electron chi connectivity index (χ1n) is 12.3. The Morgan fingerprint density at radius 1 is 1.17 bits per heavy atom. The van der Waals surface area contributed by atoms with Gasteiger partial charge in [0.2, 0.25) is 11.8 Å². The van der Waals surface area contributed by atoms with Crippen LogP contribution in [-0.2, 0) is 23.9 Å². The van der Waals surface area contributed by atoms with Crippen LogP contribution in [0.3, 0.4) is 0 Å². The van der Waals surface area contributed by atoms with Crippen LogP contribution in [0.25, 0.3) is 0 Å². The SMILES string of the molecule is C=C.C=CCCCCC.CC(C)(C)OC(=O)NCC(=O)N1CC(O)CC1C(=O)NC1CC1.COC=O. The van der Waals surface area contributed by atoms with Crippen molar-refractivity contribution in [3.63, 3.8) is 0 Å². The summed E-state index contributed by atoms with van der Waals surface area (Å²) in [6, 6.07) is -0.490. The highest BCUT2D eigenvalue weighted by Crippen LogP contribution is 2.22. The Labute approximate surface area is 216 Å². The van der Waals surface area contributed by atoms with Crippen molar-refractivity contribution in [3.05, 3.63) is 25.8 Å². The summed E-state index contributed by atoms with van der Waals surface area (Å²) in [5.74, 6) is -0.655. The highest BCUT2D eigenvalue weighted by atomic mass is 16.6. The van der Waals surface area contributed by atoms with Gasteiger partial charge in [0.05, 0.1) is 13.2 Å². The zero-order chi connectivity index (χ0) is 28.1. The van der Waals surface area contributed by atoms with Crippen LogP contribution in [0, 0.1) is 0 Å². The van der Waals surface area contributed by atoms with Gasteiger partial charge >= 0.3 is 6.09 Å². The standard InChI is InChI=1S/C15H25N3O5.C7H14.C2H4O2.C2H4/c1-15(2,3)23-14(22)16-7-12(20)18-8-10(19)6-11(18)13(21)17-9-4-5-9;1-3-5-7-6-4-2;1-4-2-3;1-2/h9-11,19H,4-8H2,1-3H3,(H,16,22)(H,17,21);3H,1,4-7H2,2H3;2H,1H3;1-2H2. The molecule has 1 aliphatic carbocycles. The minimum atomic E-state index is -0.726. The largest absolute Gasteiger partial charge is 0.471 e. The Morgan fingerprint density at radius 2 is 1.75 bits per heavy atom. The number of aliphatic hydroxyl groups excluding tert-OH is 1. The molecule has 2 rings (SSSR count). The van der Waals surface area contributed by atoms with Crippen molar-refractivity contribution < 1.29 is 33.8 Å². The fraction of sp³-hybridized carbons (Fsp3) is 0.692. The number of amides is 3. The summed E-state index contributed by atoms with van der Waals surface area (Å²) in [5.41, 5.74) is -0.649. The molecule has 1 heterocycles. The van der Waals surface area contributed by atoms with Crippen molar-refractivity contribution >= 4 is 24.4 Å². The summed E-state index contributed by atoms with van der Waals surface area (Å²) in [4.78, 5) is 46.2. The molecule has 2 unspecified atom stereocenters. The smallest absolute Gasteiger partial charge is 0.408 e. The molecule has 10 nitrogen and oxygen atoms in total. The third kappa shape index (κ3) is 18.4. The Balaban J connectivity index is 0. The van der Waals surface area contributed by atoms with E-state index in [1.165, 1.54) is 37.7 Å². The van der Waals surface area contributed by atoms with Crippen molar-refractivity contribution in [2.75, 3.05) is 20.2 Å².